The summed E-state index contributed by atoms with van der Waals surface area (Å²) in [6.07, 6.45) is 5.47. The van der Waals surface area contributed by atoms with Gasteiger partial charge in [0.05, 0.1) is 6.33 Å². The molecule has 2 aliphatic rings. The van der Waals surface area contributed by atoms with Crippen molar-refractivity contribution >= 4 is 23.2 Å². The molecule has 1 saturated heterocycles. The van der Waals surface area contributed by atoms with Crippen molar-refractivity contribution in [2.75, 3.05) is 31.1 Å². The Balaban J connectivity index is 1.37. The maximum absolute atomic E-state index is 12.8. The van der Waals surface area contributed by atoms with Crippen molar-refractivity contribution in [3.8, 4) is 0 Å². The van der Waals surface area contributed by atoms with E-state index in [1.165, 1.54) is 5.69 Å². The van der Waals surface area contributed by atoms with Crippen LogP contribution in [-0.2, 0) is 17.8 Å². The Morgan fingerprint density at radius 1 is 1.17 bits per heavy atom. The zero-order valence-corrected chi connectivity index (χ0v) is 14.3. The maximum atomic E-state index is 12.8. The lowest BCUT2D eigenvalue weighted by Gasteiger charge is -2.38. The summed E-state index contributed by atoms with van der Waals surface area (Å²) in [5.41, 5.74) is 2.31. The van der Waals surface area contributed by atoms with E-state index in [0.717, 1.165) is 56.3 Å². The molecule has 1 unspecified atom stereocenters. The number of benzene rings is 1. The summed E-state index contributed by atoms with van der Waals surface area (Å²) in [4.78, 5) is 21.3. The van der Waals surface area contributed by atoms with E-state index >= 15 is 0 Å². The number of imidazole rings is 1. The number of piperazine rings is 1. The lowest BCUT2D eigenvalue weighted by molar-refractivity contribution is -0.136. The molecule has 1 fully saturated rings. The number of fused-ring (bicyclic) bond motifs is 1. The van der Waals surface area contributed by atoms with E-state index in [2.05, 4.69) is 20.5 Å². The molecule has 0 spiro atoms. The summed E-state index contributed by atoms with van der Waals surface area (Å²) in [5, 5.41) is 0.754. The zero-order chi connectivity index (χ0) is 16.5. The van der Waals surface area contributed by atoms with Gasteiger partial charge in [-0.15, -0.1) is 0 Å². The number of aromatic nitrogens is 2. The van der Waals surface area contributed by atoms with E-state index in [1.807, 2.05) is 35.6 Å². The Kier molecular flexibility index (Phi) is 4.19. The minimum atomic E-state index is 0.104. The summed E-state index contributed by atoms with van der Waals surface area (Å²) in [6, 6.07) is 7.92. The van der Waals surface area contributed by atoms with Crippen molar-refractivity contribution in [1.82, 2.24) is 14.5 Å². The summed E-state index contributed by atoms with van der Waals surface area (Å²) in [7, 11) is 0. The molecule has 0 aliphatic carbocycles. The molecule has 2 aliphatic heterocycles. The van der Waals surface area contributed by atoms with Crippen LogP contribution in [0.3, 0.4) is 0 Å². The van der Waals surface area contributed by atoms with Crippen molar-refractivity contribution in [2.45, 2.75) is 19.4 Å². The molecule has 1 aromatic carbocycles. The summed E-state index contributed by atoms with van der Waals surface area (Å²) < 4.78 is 2.15. The van der Waals surface area contributed by atoms with E-state index in [-0.39, 0.29) is 5.92 Å². The Hall–Kier alpha value is -2.01. The van der Waals surface area contributed by atoms with Gasteiger partial charge in [0, 0.05) is 67.7 Å². The number of aryl methyl sites for hydroxylation is 1. The second-order valence-electron chi connectivity index (χ2n) is 6.56. The largest absolute Gasteiger partial charge is 0.368 e. The van der Waals surface area contributed by atoms with Gasteiger partial charge in [0.25, 0.3) is 0 Å². The van der Waals surface area contributed by atoms with Crippen LogP contribution in [0.15, 0.2) is 36.8 Å². The van der Waals surface area contributed by atoms with Crippen molar-refractivity contribution in [3.63, 3.8) is 0 Å². The molecule has 0 bridgehead atoms. The molecule has 6 heteroatoms. The average Bonchev–Trinajstić information content (AvgIpc) is 3.09. The first kappa shape index (κ1) is 15.5. The molecule has 0 radical (unpaired) electrons. The predicted molar refractivity (Wildman–Crippen MR) is 94.3 cm³/mol. The van der Waals surface area contributed by atoms with Crippen LogP contribution in [0.4, 0.5) is 5.69 Å². The van der Waals surface area contributed by atoms with Crippen molar-refractivity contribution in [2.24, 2.45) is 5.92 Å². The first-order valence-electron chi connectivity index (χ1n) is 8.49. The Bertz CT molecular complexity index is 736. The SMILES string of the molecule is O=C(C1CCn2cncc2C1)N1CCN(c2cccc(Cl)c2)CC1. The van der Waals surface area contributed by atoms with Gasteiger partial charge < -0.3 is 14.4 Å². The third kappa shape index (κ3) is 3.00. The van der Waals surface area contributed by atoms with E-state index in [4.69, 9.17) is 11.6 Å². The van der Waals surface area contributed by atoms with E-state index in [0.29, 0.717) is 5.91 Å². The van der Waals surface area contributed by atoms with E-state index in [9.17, 15) is 4.79 Å². The Morgan fingerprint density at radius 3 is 2.79 bits per heavy atom. The van der Waals surface area contributed by atoms with Gasteiger partial charge in [-0.05, 0) is 24.6 Å². The normalized spacial score (nSPS) is 20.8. The van der Waals surface area contributed by atoms with Crippen molar-refractivity contribution in [1.29, 1.82) is 0 Å². The standard InChI is InChI=1S/C18H21ClN4O/c19-15-2-1-3-16(11-15)21-6-8-22(9-7-21)18(24)14-4-5-23-13-20-12-17(23)10-14/h1-3,11-14H,4-10H2. The summed E-state index contributed by atoms with van der Waals surface area (Å²) >= 11 is 6.08. The number of anilines is 1. The van der Waals surface area contributed by atoms with E-state index in [1.54, 1.807) is 0 Å². The maximum Gasteiger partial charge on any atom is 0.226 e. The second kappa shape index (κ2) is 6.48. The van der Waals surface area contributed by atoms with Crippen LogP contribution < -0.4 is 4.90 Å². The molecular weight excluding hydrogens is 324 g/mol. The van der Waals surface area contributed by atoms with E-state index < -0.39 is 0 Å². The fraction of sp³-hybridized carbons (Fsp3) is 0.444. The van der Waals surface area contributed by atoms with Crippen LogP contribution in [0.1, 0.15) is 12.1 Å². The first-order chi connectivity index (χ1) is 11.7. The van der Waals surface area contributed by atoms with Gasteiger partial charge in [-0.3, -0.25) is 4.79 Å². The molecule has 4 rings (SSSR count). The van der Waals surface area contributed by atoms with Gasteiger partial charge in [-0.25, -0.2) is 4.98 Å². The second-order valence-corrected chi connectivity index (χ2v) is 7.00. The first-order valence-corrected chi connectivity index (χ1v) is 8.87. The molecule has 1 amide bonds. The summed E-state index contributed by atoms with van der Waals surface area (Å²) in [5.74, 6) is 0.403. The monoisotopic (exact) mass is 344 g/mol. The topological polar surface area (TPSA) is 41.4 Å². The van der Waals surface area contributed by atoms with Crippen LogP contribution in [-0.4, -0.2) is 46.5 Å². The average molecular weight is 345 g/mol. The Labute approximate surface area is 146 Å². The smallest absolute Gasteiger partial charge is 0.226 e. The molecule has 0 saturated carbocycles. The highest BCUT2D eigenvalue weighted by Gasteiger charge is 2.30. The minimum absolute atomic E-state index is 0.104. The third-order valence-electron chi connectivity index (χ3n) is 5.09. The summed E-state index contributed by atoms with van der Waals surface area (Å²) in [6.45, 7) is 4.17. The Morgan fingerprint density at radius 2 is 2.00 bits per heavy atom. The van der Waals surface area contributed by atoms with Gasteiger partial charge >= 0.3 is 0 Å². The number of hydrogen-bond acceptors (Lipinski definition) is 3. The molecule has 1 aromatic heterocycles. The van der Waals surface area contributed by atoms with Crippen molar-refractivity contribution in [3.05, 3.63) is 47.5 Å². The number of halogens is 1. The van der Waals surface area contributed by atoms with Crippen LogP contribution in [0.5, 0.6) is 0 Å². The lowest BCUT2D eigenvalue weighted by atomic mass is 9.94. The molecular formula is C18H21ClN4O. The fourth-order valence-electron chi connectivity index (χ4n) is 3.70. The molecule has 5 nitrogen and oxygen atoms in total. The number of rotatable bonds is 2. The number of amides is 1. The zero-order valence-electron chi connectivity index (χ0n) is 13.6. The van der Waals surface area contributed by atoms with Gasteiger partial charge in [0.2, 0.25) is 5.91 Å². The number of hydrogen-bond donors (Lipinski definition) is 0. The van der Waals surface area contributed by atoms with Gasteiger partial charge in [0.15, 0.2) is 0 Å². The molecule has 0 N–H and O–H groups in total. The third-order valence-corrected chi connectivity index (χ3v) is 5.32. The minimum Gasteiger partial charge on any atom is -0.368 e. The quantitative estimate of drug-likeness (QED) is 0.840. The fourth-order valence-corrected chi connectivity index (χ4v) is 3.88. The number of carbonyl (C=O) groups excluding carboxylic acids is 1. The van der Waals surface area contributed by atoms with Crippen molar-refractivity contribution < 1.29 is 4.79 Å². The number of nitrogens with zero attached hydrogens (tertiary/aromatic N) is 4. The van der Waals surface area contributed by atoms with Crippen LogP contribution in [0.2, 0.25) is 5.02 Å². The van der Waals surface area contributed by atoms with Crippen LogP contribution in [0, 0.1) is 5.92 Å². The highest BCUT2D eigenvalue weighted by Crippen LogP contribution is 2.24. The van der Waals surface area contributed by atoms with Gasteiger partial charge in [-0.2, -0.15) is 0 Å². The molecule has 2 aromatic rings. The molecule has 126 valence electrons. The van der Waals surface area contributed by atoms with Crippen LogP contribution in [0.25, 0.3) is 0 Å². The van der Waals surface area contributed by atoms with Gasteiger partial charge in [0.1, 0.15) is 0 Å². The predicted octanol–water partition coefficient (Wildman–Crippen LogP) is 2.45. The van der Waals surface area contributed by atoms with Gasteiger partial charge in [-0.1, -0.05) is 17.7 Å². The molecule has 1 atom stereocenters. The highest BCUT2D eigenvalue weighted by molar-refractivity contribution is 6.30. The van der Waals surface area contributed by atoms with Crippen LogP contribution >= 0.6 is 11.6 Å². The number of carbonyl (C=O) groups is 1. The lowest BCUT2D eigenvalue weighted by Crippen LogP contribution is -2.51. The highest BCUT2D eigenvalue weighted by atomic mass is 35.5. The molecule has 3 heterocycles. The molecule has 24 heavy (non-hydrogen) atoms.